The number of hydrogen-bond donors (Lipinski definition) is 1. The van der Waals surface area contributed by atoms with E-state index >= 15 is 0 Å². The molecule has 0 spiro atoms. The molecule has 102 valence electrons. The molecule has 0 aliphatic heterocycles. The quantitative estimate of drug-likeness (QED) is 0.637. The van der Waals surface area contributed by atoms with E-state index in [4.69, 9.17) is 0 Å². The van der Waals surface area contributed by atoms with Crippen molar-refractivity contribution in [2.45, 2.75) is 17.6 Å². The van der Waals surface area contributed by atoms with Gasteiger partial charge >= 0.3 is 5.69 Å². The lowest BCUT2D eigenvalue weighted by molar-refractivity contribution is -0.383. The molecule has 0 aliphatic rings. The van der Waals surface area contributed by atoms with Gasteiger partial charge in [0.2, 0.25) is 0 Å². The number of nitro groups is 1. The van der Waals surface area contributed by atoms with Crippen molar-refractivity contribution in [3.63, 3.8) is 0 Å². The zero-order chi connectivity index (χ0) is 13.9. The number of rotatable bonds is 6. The van der Waals surface area contributed by atoms with Crippen molar-refractivity contribution in [1.29, 1.82) is 0 Å². The molecule has 0 atom stereocenters. The summed E-state index contributed by atoms with van der Waals surface area (Å²) in [7, 11) is -0.852. The maximum atomic E-state index is 11.9. The first-order chi connectivity index (χ1) is 8.30. The molecule has 1 heterocycles. The van der Waals surface area contributed by atoms with E-state index in [2.05, 4.69) is 5.32 Å². The molecule has 18 heavy (non-hydrogen) atoms. The zero-order valence-electron chi connectivity index (χ0n) is 10.3. The first-order valence-electron chi connectivity index (χ1n) is 5.25. The maximum absolute atomic E-state index is 11.9. The molecule has 0 fully saturated rings. The Morgan fingerprint density at radius 1 is 1.50 bits per heavy atom. The van der Waals surface area contributed by atoms with Gasteiger partial charge < -0.3 is 5.32 Å². The summed E-state index contributed by atoms with van der Waals surface area (Å²) >= 11 is 0.881. The number of sulfonamides is 1. The summed E-state index contributed by atoms with van der Waals surface area (Å²) in [6.07, 6.45) is 0.796. The van der Waals surface area contributed by atoms with Gasteiger partial charge in [-0.25, -0.2) is 12.7 Å². The number of hydrogen-bond acceptors (Lipinski definition) is 6. The van der Waals surface area contributed by atoms with Gasteiger partial charge in [-0.3, -0.25) is 10.1 Å². The highest BCUT2D eigenvalue weighted by atomic mass is 32.2. The Morgan fingerprint density at radius 2 is 2.11 bits per heavy atom. The molecule has 1 N–H and O–H groups in total. The Balaban J connectivity index is 3.22. The molecule has 0 unspecified atom stereocenters. The average molecular weight is 293 g/mol. The number of nitrogens with zero attached hydrogens (tertiary/aromatic N) is 2. The molecular formula is C9H15N3O4S2. The molecule has 0 bridgehead atoms. The second-order valence-electron chi connectivity index (χ2n) is 3.75. The van der Waals surface area contributed by atoms with Crippen LogP contribution >= 0.6 is 11.3 Å². The lowest BCUT2D eigenvalue weighted by Gasteiger charge is -2.07. The number of nitrogens with one attached hydrogen (secondary N) is 1. The van der Waals surface area contributed by atoms with E-state index in [1.54, 1.807) is 0 Å². The van der Waals surface area contributed by atoms with Crippen molar-refractivity contribution in [3.8, 4) is 0 Å². The van der Waals surface area contributed by atoms with Crippen LogP contribution in [0.1, 0.15) is 13.3 Å². The number of anilines is 1. The number of thiophene rings is 1. The van der Waals surface area contributed by atoms with Gasteiger partial charge in [0.05, 0.1) is 4.92 Å². The van der Waals surface area contributed by atoms with Crippen LogP contribution in [-0.2, 0) is 10.0 Å². The minimum atomic E-state index is -3.63. The maximum Gasteiger partial charge on any atom is 0.304 e. The predicted molar refractivity (Wildman–Crippen MR) is 70.6 cm³/mol. The zero-order valence-corrected chi connectivity index (χ0v) is 12.0. The summed E-state index contributed by atoms with van der Waals surface area (Å²) in [5.74, 6) is 0. The molecule has 0 amide bonds. The Bertz CT molecular complexity index is 536. The molecular weight excluding hydrogens is 278 g/mol. The van der Waals surface area contributed by atoms with Gasteiger partial charge in [-0.2, -0.15) is 0 Å². The Kier molecular flexibility index (Phi) is 4.65. The van der Waals surface area contributed by atoms with E-state index in [0.717, 1.165) is 28.1 Å². The van der Waals surface area contributed by atoms with Crippen LogP contribution in [-0.4, -0.2) is 38.3 Å². The van der Waals surface area contributed by atoms with Crippen LogP contribution in [0.4, 0.5) is 10.7 Å². The fraction of sp³-hybridized carbons (Fsp3) is 0.556. The fourth-order valence-corrected chi connectivity index (χ4v) is 3.69. The van der Waals surface area contributed by atoms with Crippen molar-refractivity contribution in [1.82, 2.24) is 4.31 Å². The largest absolute Gasteiger partial charge is 0.371 e. The van der Waals surface area contributed by atoms with Gasteiger partial charge in [0.1, 0.15) is 4.21 Å². The van der Waals surface area contributed by atoms with Crippen molar-refractivity contribution >= 4 is 32.0 Å². The molecule has 9 heteroatoms. The van der Waals surface area contributed by atoms with Crippen molar-refractivity contribution < 1.29 is 13.3 Å². The van der Waals surface area contributed by atoms with Crippen molar-refractivity contribution in [2.75, 3.05) is 26.0 Å². The first-order valence-corrected chi connectivity index (χ1v) is 7.51. The molecule has 0 saturated carbocycles. The summed E-state index contributed by atoms with van der Waals surface area (Å²) in [6.45, 7) is 2.48. The molecule has 7 nitrogen and oxygen atoms in total. The van der Waals surface area contributed by atoms with Crippen LogP contribution in [0.3, 0.4) is 0 Å². The predicted octanol–water partition coefficient (Wildman–Crippen LogP) is 1.73. The van der Waals surface area contributed by atoms with E-state index in [0.29, 0.717) is 6.54 Å². The Morgan fingerprint density at radius 3 is 2.56 bits per heavy atom. The lowest BCUT2D eigenvalue weighted by atomic mass is 10.4. The average Bonchev–Trinajstić information content (AvgIpc) is 2.70. The van der Waals surface area contributed by atoms with Crippen LogP contribution in [0.2, 0.25) is 0 Å². The second-order valence-corrected chi connectivity index (χ2v) is 7.18. The molecule has 0 radical (unpaired) electrons. The second kappa shape index (κ2) is 5.63. The standard InChI is InChI=1S/C9H15N3O4S2/c1-4-5-10-9-7(12(13)14)6-8(17-9)18(15,16)11(2)3/h6,10H,4-5H2,1-3H3. The van der Waals surface area contributed by atoms with E-state index in [1.807, 2.05) is 6.92 Å². The molecule has 1 rings (SSSR count). The van der Waals surface area contributed by atoms with Gasteiger partial charge in [-0.1, -0.05) is 18.3 Å². The minimum absolute atomic E-state index is 0.0298. The highest BCUT2D eigenvalue weighted by Gasteiger charge is 2.27. The van der Waals surface area contributed by atoms with E-state index in [9.17, 15) is 18.5 Å². The highest BCUT2D eigenvalue weighted by molar-refractivity contribution is 7.91. The molecule has 0 aliphatic carbocycles. The van der Waals surface area contributed by atoms with Crippen molar-refractivity contribution in [2.24, 2.45) is 0 Å². The van der Waals surface area contributed by atoms with Crippen LogP contribution < -0.4 is 5.32 Å². The van der Waals surface area contributed by atoms with Crippen LogP contribution in [0, 0.1) is 10.1 Å². The van der Waals surface area contributed by atoms with Crippen LogP contribution in [0.15, 0.2) is 10.3 Å². The molecule has 1 aromatic heterocycles. The SMILES string of the molecule is CCCNc1sc(S(=O)(=O)N(C)C)cc1[N+](=O)[O-]. The van der Waals surface area contributed by atoms with Gasteiger partial charge in [-0.15, -0.1) is 0 Å². The van der Waals surface area contributed by atoms with E-state index < -0.39 is 14.9 Å². The highest BCUT2D eigenvalue weighted by Crippen LogP contribution is 2.37. The monoisotopic (exact) mass is 293 g/mol. The van der Waals surface area contributed by atoms with Gasteiger partial charge in [-0.05, 0) is 6.42 Å². The molecule has 0 aromatic carbocycles. The normalized spacial score (nSPS) is 11.8. The van der Waals surface area contributed by atoms with Crippen LogP contribution in [0.5, 0.6) is 0 Å². The summed E-state index contributed by atoms with van der Waals surface area (Å²) < 4.78 is 24.8. The third-order valence-electron chi connectivity index (χ3n) is 2.16. The van der Waals surface area contributed by atoms with Crippen LogP contribution in [0.25, 0.3) is 0 Å². The van der Waals surface area contributed by atoms with Gasteiger partial charge in [0.15, 0.2) is 5.00 Å². The van der Waals surface area contributed by atoms with E-state index in [1.165, 1.54) is 14.1 Å². The minimum Gasteiger partial charge on any atom is -0.371 e. The third kappa shape index (κ3) is 2.98. The van der Waals surface area contributed by atoms with Gasteiger partial charge in [0, 0.05) is 26.7 Å². The third-order valence-corrected chi connectivity index (χ3v) is 5.50. The first kappa shape index (κ1) is 14.9. The summed E-state index contributed by atoms with van der Waals surface area (Å²) in [5, 5.41) is 14.0. The molecule has 0 saturated heterocycles. The summed E-state index contributed by atoms with van der Waals surface area (Å²) in [5.41, 5.74) is -0.200. The summed E-state index contributed by atoms with van der Waals surface area (Å²) in [6, 6.07) is 1.10. The van der Waals surface area contributed by atoms with Gasteiger partial charge in [0.25, 0.3) is 10.0 Å². The smallest absolute Gasteiger partial charge is 0.304 e. The van der Waals surface area contributed by atoms with Crippen molar-refractivity contribution in [3.05, 3.63) is 16.2 Å². The lowest BCUT2D eigenvalue weighted by Crippen LogP contribution is -2.21. The fourth-order valence-electron chi connectivity index (χ4n) is 1.17. The Hall–Kier alpha value is -1.19. The molecule has 1 aromatic rings. The Labute approximate surface area is 110 Å². The summed E-state index contributed by atoms with van der Waals surface area (Å²) in [4.78, 5) is 10.3. The topological polar surface area (TPSA) is 92.6 Å². The van der Waals surface area contributed by atoms with E-state index in [-0.39, 0.29) is 14.9 Å².